The highest BCUT2D eigenvalue weighted by atomic mass is 32.1. The monoisotopic (exact) mass is 252 g/mol. The number of nitrogens with two attached hydrogens (primary N) is 1. The minimum atomic E-state index is 0.684. The summed E-state index contributed by atoms with van der Waals surface area (Å²) in [5.74, 6) is 3.11. The molecule has 17 heavy (non-hydrogen) atoms. The van der Waals surface area contributed by atoms with Crippen molar-refractivity contribution in [2.75, 3.05) is 13.1 Å². The summed E-state index contributed by atoms with van der Waals surface area (Å²) in [6.45, 7) is 2.43. The second kappa shape index (κ2) is 4.85. The maximum Gasteiger partial charge on any atom is 0.0740 e. The van der Waals surface area contributed by atoms with Gasteiger partial charge in [-0.3, -0.25) is 4.90 Å². The van der Waals surface area contributed by atoms with E-state index in [-0.39, 0.29) is 0 Å². The Bertz CT molecular complexity index is 301. The molecule has 0 amide bonds. The topological polar surface area (TPSA) is 29.3 Å². The molecular formula is C14H24N2S. The van der Waals surface area contributed by atoms with E-state index >= 15 is 0 Å². The molecule has 0 aliphatic heterocycles. The predicted molar refractivity (Wildman–Crippen MR) is 74.9 cm³/mol. The van der Waals surface area contributed by atoms with Crippen molar-refractivity contribution in [2.24, 2.45) is 23.5 Å². The fourth-order valence-electron chi connectivity index (χ4n) is 4.02. The normalized spacial score (nSPS) is 35.7. The van der Waals surface area contributed by atoms with E-state index in [0.717, 1.165) is 36.8 Å². The highest BCUT2D eigenvalue weighted by Gasteiger charge is 2.41. The van der Waals surface area contributed by atoms with E-state index < -0.39 is 0 Å². The van der Waals surface area contributed by atoms with Gasteiger partial charge in [0.15, 0.2) is 0 Å². The molecule has 3 unspecified atom stereocenters. The zero-order valence-corrected chi connectivity index (χ0v) is 11.4. The molecule has 3 fully saturated rings. The Morgan fingerprint density at radius 1 is 1.18 bits per heavy atom. The van der Waals surface area contributed by atoms with Crippen molar-refractivity contribution in [1.29, 1.82) is 0 Å². The van der Waals surface area contributed by atoms with Crippen LogP contribution in [0.2, 0.25) is 0 Å². The van der Waals surface area contributed by atoms with Crippen molar-refractivity contribution in [3.05, 3.63) is 0 Å². The summed E-state index contributed by atoms with van der Waals surface area (Å²) in [4.78, 5) is 3.37. The molecular weight excluding hydrogens is 228 g/mol. The molecule has 3 rings (SSSR count). The number of thiocarbonyl (C=S) groups is 1. The van der Waals surface area contributed by atoms with Gasteiger partial charge in [0.05, 0.1) is 4.99 Å². The fourth-order valence-corrected chi connectivity index (χ4v) is 4.11. The Morgan fingerprint density at radius 2 is 2.00 bits per heavy atom. The van der Waals surface area contributed by atoms with Gasteiger partial charge in [-0.05, 0) is 49.9 Å². The third-order valence-corrected chi connectivity index (χ3v) is 5.27. The second-order valence-corrected chi connectivity index (χ2v) is 6.90. The third kappa shape index (κ3) is 2.82. The first-order chi connectivity index (χ1) is 8.22. The van der Waals surface area contributed by atoms with Crippen LogP contribution in [-0.4, -0.2) is 29.0 Å². The third-order valence-electron chi connectivity index (χ3n) is 5.06. The van der Waals surface area contributed by atoms with Crippen molar-refractivity contribution in [3.8, 4) is 0 Å². The first-order valence-corrected chi connectivity index (χ1v) is 7.65. The molecule has 0 radical (unpaired) electrons. The van der Waals surface area contributed by atoms with Gasteiger partial charge < -0.3 is 5.73 Å². The molecule has 2 N–H and O–H groups in total. The standard InChI is InChI=1S/C14H24N2S/c15-14(17)5-6-16(13-3-4-13)9-12-8-10-1-2-11(12)7-10/h10-13H,1-9H2,(H2,15,17). The van der Waals surface area contributed by atoms with Crippen molar-refractivity contribution < 1.29 is 0 Å². The molecule has 3 atom stereocenters. The molecule has 0 spiro atoms. The molecule has 3 aliphatic carbocycles. The molecule has 2 nitrogen and oxygen atoms in total. The summed E-state index contributed by atoms with van der Waals surface area (Å²) in [7, 11) is 0. The molecule has 3 heteroatoms. The van der Waals surface area contributed by atoms with Crippen LogP contribution < -0.4 is 5.73 Å². The van der Waals surface area contributed by atoms with Gasteiger partial charge in [-0.2, -0.15) is 0 Å². The van der Waals surface area contributed by atoms with Gasteiger partial charge in [0, 0.05) is 25.6 Å². The lowest BCUT2D eigenvalue weighted by molar-refractivity contribution is 0.186. The Morgan fingerprint density at radius 3 is 2.53 bits per heavy atom. The maximum absolute atomic E-state index is 5.63. The van der Waals surface area contributed by atoms with Crippen LogP contribution in [0.25, 0.3) is 0 Å². The van der Waals surface area contributed by atoms with Gasteiger partial charge in [-0.25, -0.2) is 0 Å². The average molecular weight is 252 g/mol. The maximum atomic E-state index is 5.63. The van der Waals surface area contributed by atoms with E-state index in [0.29, 0.717) is 4.99 Å². The minimum Gasteiger partial charge on any atom is -0.393 e. The number of nitrogens with zero attached hydrogens (tertiary/aromatic N) is 1. The lowest BCUT2D eigenvalue weighted by atomic mass is 9.88. The highest BCUT2D eigenvalue weighted by molar-refractivity contribution is 7.80. The summed E-state index contributed by atoms with van der Waals surface area (Å²) in [5, 5.41) is 0. The van der Waals surface area contributed by atoms with E-state index in [4.69, 9.17) is 18.0 Å². The first kappa shape index (κ1) is 11.9. The Labute approximate surface area is 110 Å². The summed E-state index contributed by atoms with van der Waals surface area (Å²) >= 11 is 5.01. The predicted octanol–water partition coefficient (Wildman–Crippen LogP) is 2.56. The van der Waals surface area contributed by atoms with Crippen molar-refractivity contribution in [1.82, 2.24) is 4.90 Å². The summed E-state index contributed by atoms with van der Waals surface area (Å²) in [6.07, 6.45) is 9.75. The molecule has 0 saturated heterocycles. The van der Waals surface area contributed by atoms with E-state index in [1.165, 1.54) is 45.1 Å². The smallest absolute Gasteiger partial charge is 0.0740 e. The Hall–Kier alpha value is -0.150. The SMILES string of the molecule is NC(=S)CCN(CC1CC2CCC1C2)C1CC1. The van der Waals surface area contributed by atoms with E-state index in [9.17, 15) is 0 Å². The lowest BCUT2D eigenvalue weighted by Gasteiger charge is -2.30. The Balaban J connectivity index is 1.51. The van der Waals surface area contributed by atoms with Crippen LogP contribution >= 0.6 is 12.2 Å². The highest BCUT2D eigenvalue weighted by Crippen LogP contribution is 2.49. The average Bonchev–Trinajstić information content (AvgIpc) is 2.93. The molecule has 2 bridgehead atoms. The van der Waals surface area contributed by atoms with Crippen LogP contribution in [0.4, 0.5) is 0 Å². The summed E-state index contributed by atoms with van der Waals surface area (Å²) in [6, 6.07) is 0.864. The van der Waals surface area contributed by atoms with Gasteiger partial charge in [0.25, 0.3) is 0 Å². The first-order valence-electron chi connectivity index (χ1n) is 7.24. The van der Waals surface area contributed by atoms with Crippen molar-refractivity contribution in [3.63, 3.8) is 0 Å². The molecule has 3 saturated carbocycles. The van der Waals surface area contributed by atoms with Crippen LogP contribution in [0.3, 0.4) is 0 Å². The summed E-state index contributed by atoms with van der Waals surface area (Å²) in [5.41, 5.74) is 5.63. The molecule has 3 aliphatic rings. The van der Waals surface area contributed by atoms with E-state index in [1.807, 2.05) is 0 Å². The van der Waals surface area contributed by atoms with Crippen molar-refractivity contribution in [2.45, 2.75) is 51.0 Å². The molecule has 0 aromatic carbocycles. The van der Waals surface area contributed by atoms with Crippen molar-refractivity contribution >= 4 is 17.2 Å². The van der Waals surface area contributed by atoms with Gasteiger partial charge in [0.2, 0.25) is 0 Å². The molecule has 0 aromatic rings. The number of rotatable bonds is 6. The van der Waals surface area contributed by atoms with Crippen LogP contribution in [0.1, 0.15) is 44.9 Å². The minimum absolute atomic E-state index is 0.684. The molecule has 0 heterocycles. The number of hydrogen-bond donors (Lipinski definition) is 1. The second-order valence-electron chi connectivity index (χ2n) is 6.38. The van der Waals surface area contributed by atoms with Crippen LogP contribution in [0.5, 0.6) is 0 Å². The number of hydrogen-bond acceptors (Lipinski definition) is 2. The van der Waals surface area contributed by atoms with Gasteiger partial charge in [0.1, 0.15) is 0 Å². The van der Waals surface area contributed by atoms with Gasteiger partial charge in [-0.15, -0.1) is 0 Å². The number of fused-ring (bicyclic) bond motifs is 2. The van der Waals surface area contributed by atoms with Gasteiger partial charge in [-0.1, -0.05) is 18.6 Å². The fraction of sp³-hybridized carbons (Fsp3) is 0.929. The Kier molecular flexibility index (Phi) is 3.40. The van der Waals surface area contributed by atoms with Gasteiger partial charge >= 0.3 is 0 Å². The summed E-state index contributed by atoms with van der Waals surface area (Å²) < 4.78 is 0. The van der Waals surface area contributed by atoms with Crippen LogP contribution in [0.15, 0.2) is 0 Å². The van der Waals surface area contributed by atoms with Crippen LogP contribution in [-0.2, 0) is 0 Å². The van der Waals surface area contributed by atoms with E-state index in [1.54, 1.807) is 0 Å². The van der Waals surface area contributed by atoms with E-state index in [2.05, 4.69) is 4.90 Å². The molecule has 0 aromatic heterocycles. The lowest BCUT2D eigenvalue weighted by Crippen LogP contribution is -2.35. The molecule has 96 valence electrons. The largest absolute Gasteiger partial charge is 0.393 e. The van der Waals surface area contributed by atoms with Crippen LogP contribution in [0, 0.1) is 17.8 Å². The zero-order chi connectivity index (χ0) is 11.8. The quantitative estimate of drug-likeness (QED) is 0.737. The zero-order valence-electron chi connectivity index (χ0n) is 10.6.